The fourth-order valence-electron chi connectivity index (χ4n) is 1.63. The van der Waals surface area contributed by atoms with Crippen molar-refractivity contribution in [3.63, 3.8) is 0 Å². The van der Waals surface area contributed by atoms with Gasteiger partial charge >= 0.3 is 5.97 Å². The minimum Gasteiger partial charge on any atom is -0.465 e. The van der Waals surface area contributed by atoms with Gasteiger partial charge in [0.1, 0.15) is 0 Å². The molecule has 6 nitrogen and oxygen atoms in total. The van der Waals surface area contributed by atoms with E-state index in [1.54, 1.807) is 19.9 Å². The normalized spacial score (nSPS) is 12.4. The van der Waals surface area contributed by atoms with Crippen LogP contribution in [0.4, 0.5) is 0 Å². The van der Waals surface area contributed by atoms with Crippen molar-refractivity contribution >= 4 is 28.4 Å². The summed E-state index contributed by atoms with van der Waals surface area (Å²) in [5.41, 5.74) is 6.34. The molecule has 8 heteroatoms. The van der Waals surface area contributed by atoms with Crippen molar-refractivity contribution in [2.24, 2.45) is 5.73 Å². The molecular formula is C13H21ClN2O4S. The fraction of sp³-hybridized carbons (Fsp3) is 0.462. The zero-order valence-electron chi connectivity index (χ0n) is 12.3. The van der Waals surface area contributed by atoms with Crippen molar-refractivity contribution in [3.8, 4) is 0 Å². The van der Waals surface area contributed by atoms with Gasteiger partial charge in [0.2, 0.25) is 10.0 Å². The third-order valence-corrected chi connectivity index (χ3v) is 4.39. The molecule has 0 fully saturated rings. The summed E-state index contributed by atoms with van der Waals surface area (Å²) in [4.78, 5) is 11.5. The number of nitrogens with one attached hydrogen (secondary N) is 1. The fourth-order valence-corrected chi connectivity index (χ4v) is 2.95. The first-order valence-electron chi connectivity index (χ1n) is 6.22. The smallest absolute Gasteiger partial charge is 0.337 e. The Morgan fingerprint density at radius 2 is 2.05 bits per heavy atom. The molecule has 0 saturated carbocycles. The highest BCUT2D eigenvalue weighted by atomic mass is 35.5. The van der Waals surface area contributed by atoms with Gasteiger partial charge in [0.25, 0.3) is 0 Å². The van der Waals surface area contributed by atoms with E-state index in [-0.39, 0.29) is 35.5 Å². The summed E-state index contributed by atoms with van der Waals surface area (Å²) in [7, 11) is -2.42. The van der Waals surface area contributed by atoms with Crippen molar-refractivity contribution < 1.29 is 17.9 Å². The Morgan fingerprint density at radius 3 is 2.57 bits per heavy atom. The molecule has 0 saturated heterocycles. The van der Waals surface area contributed by atoms with Crippen molar-refractivity contribution in [3.05, 3.63) is 29.3 Å². The summed E-state index contributed by atoms with van der Waals surface area (Å²) in [6.07, 6.45) is 0.537. The lowest BCUT2D eigenvalue weighted by atomic mass is 10.1. The maximum absolute atomic E-state index is 12.2. The van der Waals surface area contributed by atoms with E-state index in [4.69, 9.17) is 5.73 Å². The summed E-state index contributed by atoms with van der Waals surface area (Å²) in [5.74, 6) is -0.572. The number of aryl methyl sites for hydroxylation is 1. The number of benzene rings is 1. The van der Waals surface area contributed by atoms with Gasteiger partial charge in [-0.15, -0.1) is 12.4 Å². The van der Waals surface area contributed by atoms with Crippen molar-refractivity contribution in [1.82, 2.24) is 4.72 Å². The second-order valence-corrected chi connectivity index (χ2v) is 6.37. The van der Waals surface area contributed by atoms with Crippen LogP contribution in [-0.2, 0) is 14.8 Å². The largest absolute Gasteiger partial charge is 0.465 e. The number of sulfonamides is 1. The van der Waals surface area contributed by atoms with Crippen LogP contribution in [0, 0.1) is 6.92 Å². The predicted molar refractivity (Wildman–Crippen MR) is 83.2 cm³/mol. The molecule has 0 aromatic heterocycles. The van der Waals surface area contributed by atoms with Gasteiger partial charge in [-0.1, -0.05) is 6.07 Å². The minimum atomic E-state index is -3.66. The highest BCUT2D eigenvalue weighted by molar-refractivity contribution is 7.89. The number of carbonyl (C=O) groups excluding carboxylic acids is 1. The molecule has 0 spiro atoms. The van der Waals surface area contributed by atoms with E-state index in [9.17, 15) is 13.2 Å². The number of rotatable bonds is 6. The van der Waals surface area contributed by atoms with Gasteiger partial charge in [-0.25, -0.2) is 17.9 Å². The van der Waals surface area contributed by atoms with Crippen LogP contribution in [0.15, 0.2) is 23.1 Å². The Bertz CT molecular complexity index is 588. The van der Waals surface area contributed by atoms with Gasteiger partial charge in [0.05, 0.1) is 17.6 Å². The number of nitrogens with two attached hydrogens (primary N) is 1. The van der Waals surface area contributed by atoms with Gasteiger partial charge in [-0.05, 0) is 38.0 Å². The lowest BCUT2D eigenvalue weighted by Gasteiger charge is -2.11. The topological polar surface area (TPSA) is 98.5 Å². The number of esters is 1. The van der Waals surface area contributed by atoms with E-state index in [1.165, 1.54) is 19.2 Å². The molecule has 0 bridgehead atoms. The summed E-state index contributed by atoms with van der Waals surface area (Å²) < 4.78 is 31.4. The van der Waals surface area contributed by atoms with Gasteiger partial charge in [0, 0.05) is 12.6 Å². The molecule has 0 radical (unpaired) electrons. The molecule has 0 aliphatic carbocycles. The lowest BCUT2D eigenvalue weighted by Crippen LogP contribution is -2.29. The zero-order chi connectivity index (χ0) is 15.3. The third kappa shape index (κ3) is 5.62. The predicted octanol–water partition coefficient (Wildman–Crippen LogP) is 1.22. The lowest BCUT2D eigenvalue weighted by molar-refractivity contribution is 0.0600. The van der Waals surface area contributed by atoms with Crippen molar-refractivity contribution in [1.29, 1.82) is 0 Å². The van der Waals surface area contributed by atoms with Crippen LogP contribution in [0.1, 0.15) is 29.3 Å². The van der Waals surface area contributed by atoms with E-state index in [2.05, 4.69) is 9.46 Å². The Hall–Kier alpha value is -1.15. The molecule has 1 aromatic rings. The average molecular weight is 337 g/mol. The summed E-state index contributed by atoms with van der Waals surface area (Å²) in [6, 6.07) is 4.34. The summed E-state index contributed by atoms with van der Waals surface area (Å²) in [6.45, 7) is 3.72. The van der Waals surface area contributed by atoms with Crippen LogP contribution in [0.25, 0.3) is 0 Å². The SMILES string of the molecule is COC(=O)c1ccc(C)c(S(=O)(=O)NCCC(C)N)c1.Cl. The molecule has 21 heavy (non-hydrogen) atoms. The molecule has 0 heterocycles. The minimum absolute atomic E-state index is 0. The van der Waals surface area contributed by atoms with Crippen LogP contribution in [0.3, 0.4) is 0 Å². The first-order chi connectivity index (χ1) is 9.27. The van der Waals surface area contributed by atoms with Gasteiger partial charge in [-0.3, -0.25) is 0 Å². The zero-order valence-corrected chi connectivity index (χ0v) is 13.9. The van der Waals surface area contributed by atoms with E-state index >= 15 is 0 Å². The molecule has 1 atom stereocenters. The number of halogens is 1. The number of methoxy groups -OCH3 is 1. The monoisotopic (exact) mass is 336 g/mol. The molecule has 3 N–H and O–H groups in total. The van der Waals surface area contributed by atoms with E-state index < -0.39 is 16.0 Å². The van der Waals surface area contributed by atoms with Crippen LogP contribution < -0.4 is 10.5 Å². The molecule has 0 aliphatic heterocycles. The molecule has 0 amide bonds. The maximum atomic E-state index is 12.2. The highest BCUT2D eigenvalue weighted by Gasteiger charge is 2.19. The number of hydrogen-bond donors (Lipinski definition) is 2. The number of ether oxygens (including phenoxy) is 1. The number of hydrogen-bond acceptors (Lipinski definition) is 5. The van der Waals surface area contributed by atoms with Gasteiger partial charge in [0.15, 0.2) is 0 Å². The molecule has 120 valence electrons. The third-order valence-electron chi connectivity index (χ3n) is 2.79. The molecule has 1 aromatic carbocycles. The quantitative estimate of drug-likeness (QED) is 0.761. The molecule has 1 unspecified atom stereocenters. The Kier molecular flexibility index (Phi) is 7.87. The van der Waals surface area contributed by atoms with E-state index in [1.807, 2.05) is 0 Å². The summed E-state index contributed by atoms with van der Waals surface area (Å²) in [5, 5.41) is 0. The van der Waals surface area contributed by atoms with Crippen molar-refractivity contribution in [2.75, 3.05) is 13.7 Å². The molecule has 1 rings (SSSR count). The van der Waals surface area contributed by atoms with E-state index in [0.717, 1.165) is 0 Å². The van der Waals surface area contributed by atoms with Crippen molar-refractivity contribution in [2.45, 2.75) is 31.2 Å². The van der Waals surface area contributed by atoms with Gasteiger partial charge in [-0.2, -0.15) is 0 Å². The van der Waals surface area contributed by atoms with E-state index in [0.29, 0.717) is 12.0 Å². The Balaban J connectivity index is 0.00000400. The maximum Gasteiger partial charge on any atom is 0.337 e. The first kappa shape index (κ1) is 19.9. The average Bonchev–Trinajstić information content (AvgIpc) is 2.37. The summed E-state index contributed by atoms with van der Waals surface area (Å²) >= 11 is 0. The van der Waals surface area contributed by atoms with Gasteiger partial charge < -0.3 is 10.5 Å². The second-order valence-electron chi connectivity index (χ2n) is 4.64. The van der Waals surface area contributed by atoms with Crippen LogP contribution >= 0.6 is 12.4 Å². The Morgan fingerprint density at radius 1 is 1.43 bits per heavy atom. The first-order valence-corrected chi connectivity index (χ1v) is 7.70. The standard InChI is InChI=1S/C13H20N2O4S.ClH/c1-9-4-5-11(13(16)19-3)8-12(9)20(17,18)15-7-6-10(2)14;/h4-5,8,10,15H,6-7,14H2,1-3H3;1H. The highest BCUT2D eigenvalue weighted by Crippen LogP contribution is 2.17. The van der Waals surface area contributed by atoms with Crippen LogP contribution in [0.2, 0.25) is 0 Å². The molecular weight excluding hydrogens is 316 g/mol. The van der Waals surface area contributed by atoms with Crippen LogP contribution in [-0.4, -0.2) is 34.1 Å². The molecule has 0 aliphatic rings. The Labute approximate surface area is 131 Å². The second kappa shape index (κ2) is 8.33. The number of carbonyl (C=O) groups is 1. The van der Waals surface area contributed by atoms with Crippen LogP contribution in [0.5, 0.6) is 0 Å².